The topological polar surface area (TPSA) is 72.4 Å². The monoisotopic (exact) mass is 316 g/mol. The SMILES string of the molecule is O=C(O)n1cc(Cc2cn3cc(C4CC4)c(Cl)cc3n2)cn1. The minimum Gasteiger partial charge on any atom is -0.463 e. The van der Waals surface area contributed by atoms with Crippen molar-refractivity contribution >= 4 is 23.3 Å². The summed E-state index contributed by atoms with van der Waals surface area (Å²) in [7, 11) is 0. The van der Waals surface area contributed by atoms with E-state index in [0.717, 1.165) is 26.6 Å². The molecule has 0 spiro atoms. The first kappa shape index (κ1) is 13.3. The number of halogens is 1. The lowest BCUT2D eigenvalue weighted by molar-refractivity contribution is 0.192. The average molecular weight is 317 g/mol. The van der Waals surface area contributed by atoms with Gasteiger partial charge in [0.25, 0.3) is 0 Å². The number of carbonyl (C=O) groups is 1. The summed E-state index contributed by atoms with van der Waals surface area (Å²) >= 11 is 6.31. The van der Waals surface area contributed by atoms with Crippen LogP contribution >= 0.6 is 11.6 Å². The Bertz CT molecular complexity index is 879. The van der Waals surface area contributed by atoms with Crippen molar-refractivity contribution in [3.8, 4) is 0 Å². The van der Waals surface area contributed by atoms with E-state index in [1.165, 1.54) is 24.6 Å². The number of pyridine rings is 1. The van der Waals surface area contributed by atoms with Gasteiger partial charge in [-0.1, -0.05) is 11.6 Å². The predicted octanol–water partition coefficient (Wildman–Crippen LogP) is 3.18. The Morgan fingerprint density at radius 2 is 2.18 bits per heavy atom. The van der Waals surface area contributed by atoms with Gasteiger partial charge in [-0.05, 0) is 29.9 Å². The highest BCUT2D eigenvalue weighted by molar-refractivity contribution is 6.31. The zero-order chi connectivity index (χ0) is 15.3. The van der Waals surface area contributed by atoms with Crippen LogP contribution in [0.2, 0.25) is 5.02 Å². The first-order chi connectivity index (χ1) is 10.6. The molecule has 112 valence electrons. The fourth-order valence-corrected chi connectivity index (χ4v) is 2.92. The molecular weight excluding hydrogens is 304 g/mol. The smallest absolute Gasteiger partial charge is 0.432 e. The van der Waals surface area contributed by atoms with E-state index in [1.807, 2.05) is 22.9 Å². The number of nitrogens with zero attached hydrogens (tertiary/aromatic N) is 4. The van der Waals surface area contributed by atoms with Crippen LogP contribution in [0.4, 0.5) is 4.79 Å². The van der Waals surface area contributed by atoms with Crippen molar-refractivity contribution in [2.24, 2.45) is 0 Å². The molecule has 0 aromatic carbocycles. The molecule has 0 amide bonds. The van der Waals surface area contributed by atoms with Crippen LogP contribution in [0, 0.1) is 0 Å². The summed E-state index contributed by atoms with van der Waals surface area (Å²) in [6.45, 7) is 0. The van der Waals surface area contributed by atoms with Crippen molar-refractivity contribution in [1.29, 1.82) is 0 Å². The second kappa shape index (κ2) is 4.84. The number of carboxylic acid groups (broad SMARTS) is 1. The normalized spacial score (nSPS) is 14.6. The van der Waals surface area contributed by atoms with Crippen LogP contribution in [0.3, 0.4) is 0 Å². The summed E-state index contributed by atoms with van der Waals surface area (Å²) < 4.78 is 2.88. The van der Waals surface area contributed by atoms with E-state index >= 15 is 0 Å². The predicted molar refractivity (Wildman–Crippen MR) is 80.6 cm³/mol. The van der Waals surface area contributed by atoms with Crippen molar-refractivity contribution in [1.82, 2.24) is 19.2 Å². The first-order valence-electron chi connectivity index (χ1n) is 7.04. The van der Waals surface area contributed by atoms with E-state index in [4.69, 9.17) is 16.7 Å². The quantitative estimate of drug-likeness (QED) is 0.805. The van der Waals surface area contributed by atoms with E-state index in [9.17, 15) is 4.79 Å². The Hall–Kier alpha value is -2.34. The Balaban J connectivity index is 1.65. The van der Waals surface area contributed by atoms with E-state index < -0.39 is 6.09 Å². The van der Waals surface area contributed by atoms with E-state index in [-0.39, 0.29) is 0 Å². The van der Waals surface area contributed by atoms with Crippen molar-refractivity contribution in [2.45, 2.75) is 25.2 Å². The first-order valence-corrected chi connectivity index (χ1v) is 7.42. The summed E-state index contributed by atoms with van der Waals surface area (Å²) in [5.41, 5.74) is 3.64. The van der Waals surface area contributed by atoms with Gasteiger partial charge in [0.15, 0.2) is 0 Å². The minimum absolute atomic E-state index is 0.533. The second-order valence-electron chi connectivity index (χ2n) is 5.60. The van der Waals surface area contributed by atoms with Crippen molar-refractivity contribution in [2.75, 3.05) is 0 Å². The molecule has 22 heavy (non-hydrogen) atoms. The fraction of sp³-hybridized carbons (Fsp3) is 0.267. The molecule has 6 nitrogen and oxygen atoms in total. The molecule has 1 saturated carbocycles. The van der Waals surface area contributed by atoms with Crippen LogP contribution in [0.15, 0.2) is 30.9 Å². The number of hydrogen-bond donors (Lipinski definition) is 1. The Morgan fingerprint density at radius 1 is 1.36 bits per heavy atom. The molecule has 0 radical (unpaired) electrons. The Kier molecular flexibility index (Phi) is 2.94. The molecule has 1 aliphatic rings. The maximum Gasteiger partial charge on any atom is 0.432 e. The van der Waals surface area contributed by atoms with Gasteiger partial charge in [0.05, 0.1) is 11.9 Å². The molecule has 1 fully saturated rings. The molecule has 1 aliphatic carbocycles. The van der Waals surface area contributed by atoms with Gasteiger partial charge < -0.3 is 9.51 Å². The molecule has 1 N–H and O–H groups in total. The molecule has 0 saturated heterocycles. The van der Waals surface area contributed by atoms with Crippen LogP contribution in [0.5, 0.6) is 0 Å². The summed E-state index contributed by atoms with van der Waals surface area (Å²) in [5, 5.41) is 13.4. The number of rotatable bonds is 3. The zero-order valence-electron chi connectivity index (χ0n) is 11.6. The molecular formula is C15H13ClN4O2. The summed E-state index contributed by atoms with van der Waals surface area (Å²) in [6, 6.07) is 1.89. The highest BCUT2D eigenvalue weighted by atomic mass is 35.5. The maximum atomic E-state index is 10.8. The number of imidazole rings is 1. The van der Waals surface area contributed by atoms with E-state index in [0.29, 0.717) is 12.3 Å². The van der Waals surface area contributed by atoms with Gasteiger partial charge in [-0.2, -0.15) is 9.78 Å². The number of hydrogen-bond acceptors (Lipinski definition) is 3. The van der Waals surface area contributed by atoms with E-state index in [1.54, 1.807) is 6.20 Å². The van der Waals surface area contributed by atoms with Gasteiger partial charge in [0, 0.05) is 36.1 Å². The van der Waals surface area contributed by atoms with Crippen LogP contribution in [-0.4, -0.2) is 30.4 Å². The molecule has 0 atom stereocenters. The highest BCUT2D eigenvalue weighted by Crippen LogP contribution is 2.43. The number of aromatic nitrogens is 4. The molecule has 0 aliphatic heterocycles. The van der Waals surface area contributed by atoms with Crippen LogP contribution in [0.25, 0.3) is 5.65 Å². The highest BCUT2D eigenvalue weighted by Gasteiger charge is 2.26. The van der Waals surface area contributed by atoms with Crippen molar-refractivity contribution in [3.05, 3.63) is 52.7 Å². The molecule has 3 heterocycles. The third-order valence-electron chi connectivity index (χ3n) is 3.86. The minimum atomic E-state index is -1.10. The third-order valence-corrected chi connectivity index (χ3v) is 4.18. The standard InChI is InChI=1S/C15H13ClN4O2/c16-13-4-14-18-11(3-9-5-17-20(6-9)15(21)22)7-19(14)8-12(13)10-1-2-10/h4-8,10H,1-3H2,(H,21,22). The summed E-state index contributed by atoms with van der Waals surface area (Å²) in [4.78, 5) is 15.4. The molecule has 0 unspecified atom stereocenters. The number of fused-ring (bicyclic) bond motifs is 1. The lowest BCUT2D eigenvalue weighted by atomic mass is 10.2. The lowest BCUT2D eigenvalue weighted by Crippen LogP contribution is -2.07. The largest absolute Gasteiger partial charge is 0.463 e. The van der Waals surface area contributed by atoms with Crippen LogP contribution in [-0.2, 0) is 6.42 Å². The van der Waals surface area contributed by atoms with Gasteiger partial charge in [-0.15, -0.1) is 0 Å². The molecule has 3 aromatic heterocycles. The molecule has 3 aromatic rings. The lowest BCUT2D eigenvalue weighted by Gasteiger charge is -2.02. The van der Waals surface area contributed by atoms with Crippen LogP contribution < -0.4 is 0 Å². The van der Waals surface area contributed by atoms with Gasteiger partial charge in [-0.3, -0.25) is 0 Å². The molecule has 0 bridgehead atoms. The second-order valence-corrected chi connectivity index (χ2v) is 6.01. The maximum absolute atomic E-state index is 10.8. The summed E-state index contributed by atoms with van der Waals surface area (Å²) in [6.07, 6.45) is 8.87. The Morgan fingerprint density at radius 3 is 2.86 bits per heavy atom. The van der Waals surface area contributed by atoms with Crippen molar-refractivity contribution < 1.29 is 9.90 Å². The molecule has 4 rings (SSSR count). The fourth-order valence-electron chi connectivity index (χ4n) is 2.62. The van der Waals surface area contributed by atoms with Crippen molar-refractivity contribution in [3.63, 3.8) is 0 Å². The third kappa shape index (κ3) is 2.35. The average Bonchev–Trinajstić information content (AvgIpc) is 3.07. The molecule has 7 heteroatoms. The summed E-state index contributed by atoms with van der Waals surface area (Å²) in [5.74, 6) is 0.580. The van der Waals surface area contributed by atoms with Gasteiger partial charge >= 0.3 is 6.09 Å². The Labute approximate surface area is 131 Å². The zero-order valence-corrected chi connectivity index (χ0v) is 12.4. The van der Waals surface area contributed by atoms with Gasteiger partial charge in [0.1, 0.15) is 5.65 Å². The van der Waals surface area contributed by atoms with Crippen LogP contribution in [0.1, 0.15) is 35.6 Å². The van der Waals surface area contributed by atoms with Gasteiger partial charge in [-0.25, -0.2) is 9.78 Å². The van der Waals surface area contributed by atoms with Gasteiger partial charge in [0.2, 0.25) is 0 Å². The van der Waals surface area contributed by atoms with E-state index in [2.05, 4.69) is 10.1 Å².